The number of ketones is 1. The molecule has 0 saturated carbocycles. The molecule has 0 spiro atoms. The van der Waals surface area contributed by atoms with E-state index in [0.717, 1.165) is 12.8 Å². The van der Waals surface area contributed by atoms with Gasteiger partial charge in [0, 0.05) is 12.0 Å². The fraction of sp³-hybridized carbons (Fsp3) is 0.565. The van der Waals surface area contributed by atoms with Crippen LogP contribution in [0.2, 0.25) is 0 Å². The first-order valence-corrected chi connectivity index (χ1v) is 10.2. The predicted molar refractivity (Wildman–Crippen MR) is 108 cm³/mol. The number of benzene rings is 1. The lowest BCUT2D eigenvalue weighted by molar-refractivity contribution is 0.0696. The van der Waals surface area contributed by atoms with Gasteiger partial charge >= 0.3 is 5.97 Å². The van der Waals surface area contributed by atoms with Crippen molar-refractivity contribution in [3.8, 4) is 0 Å². The van der Waals surface area contributed by atoms with Crippen molar-refractivity contribution in [2.75, 3.05) is 0 Å². The molecule has 0 heterocycles. The number of carboxylic acids is 1. The van der Waals surface area contributed by atoms with Crippen LogP contribution in [0.25, 0.3) is 0 Å². The van der Waals surface area contributed by atoms with Gasteiger partial charge in [-0.2, -0.15) is 0 Å². The van der Waals surface area contributed by atoms with Crippen molar-refractivity contribution in [3.05, 3.63) is 47.5 Å². The number of Topliss-reactive ketones (excluding diaryl/α,β-unsaturated/α-hetero) is 1. The highest BCUT2D eigenvalue weighted by molar-refractivity contribution is 5.97. The molecule has 1 aromatic carbocycles. The monoisotopic (exact) mass is 358 g/mol. The number of rotatable bonds is 15. The second-order valence-corrected chi connectivity index (χ2v) is 6.93. The zero-order chi connectivity index (χ0) is 19.0. The lowest BCUT2D eigenvalue weighted by Gasteiger charge is -2.02. The van der Waals surface area contributed by atoms with Crippen molar-refractivity contribution in [1.29, 1.82) is 0 Å². The van der Waals surface area contributed by atoms with Gasteiger partial charge in [0.25, 0.3) is 0 Å². The van der Waals surface area contributed by atoms with Gasteiger partial charge in [-0.1, -0.05) is 69.7 Å². The van der Waals surface area contributed by atoms with Gasteiger partial charge in [0.05, 0.1) is 5.56 Å². The molecule has 0 atom stereocenters. The van der Waals surface area contributed by atoms with E-state index in [4.69, 9.17) is 5.11 Å². The van der Waals surface area contributed by atoms with Gasteiger partial charge in [0.15, 0.2) is 5.78 Å². The molecule has 0 unspecified atom stereocenters. The van der Waals surface area contributed by atoms with Crippen LogP contribution in [0.3, 0.4) is 0 Å². The topological polar surface area (TPSA) is 54.4 Å². The molecule has 1 aromatic rings. The molecule has 0 aliphatic carbocycles. The SMILES string of the molecule is CCCCCC/C=C\CCCCCCCC(=O)c1ccc(C(=O)O)cc1. The molecule has 0 amide bonds. The summed E-state index contributed by atoms with van der Waals surface area (Å²) in [5, 5.41) is 8.86. The van der Waals surface area contributed by atoms with Crippen LogP contribution in [-0.4, -0.2) is 16.9 Å². The Kier molecular flexibility index (Phi) is 12.2. The normalized spacial score (nSPS) is 11.1. The Morgan fingerprint density at radius 1 is 0.769 bits per heavy atom. The average Bonchev–Trinajstić information content (AvgIpc) is 2.65. The standard InChI is InChI=1S/C23H34O3/c1-2-3-4-5-6-7-8-9-10-11-12-13-14-15-22(24)20-16-18-21(19-17-20)23(25)26/h7-8,16-19H,2-6,9-15H2,1H3,(H,25,26)/b8-7-. The van der Waals surface area contributed by atoms with E-state index < -0.39 is 5.97 Å². The number of allylic oxidation sites excluding steroid dienone is 2. The molecule has 0 radical (unpaired) electrons. The van der Waals surface area contributed by atoms with Gasteiger partial charge in [-0.25, -0.2) is 4.79 Å². The fourth-order valence-corrected chi connectivity index (χ4v) is 2.95. The van der Waals surface area contributed by atoms with E-state index >= 15 is 0 Å². The van der Waals surface area contributed by atoms with Crippen LogP contribution < -0.4 is 0 Å². The number of aromatic carboxylic acids is 1. The number of carbonyl (C=O) groups is 2. The first-order chi connectivity index (χ1) is 12.6. The largest absolute Gasteiger partial charge is 0.478 e. The second-order valence-electron chi connectivity index (χ2n) is 6.93. The number of unbranched alkanes of at least 4 members (excludes halogenated alkanes) is 9. The molecule has 1 N–H and O–H groups in total. The van der Waals surface area contributed by atoms with E-state index in [-0.39, 0.29) is 11.3 Å². The summed E-state index contributed by atoms with van der Waals surface area (Å²) in [6.07, 6.45) is 18.5. The lowest BCUT2D eigenvalue weighted by Crippen LogP contribution is -2.01. The summed E-state index contributed by atoms with van der Waals surface area (Å²) in [5.41, 5.74) is 0.829. The molecular weight excluding hydrogens is 324 g/mol. The molecule has 0 saturated heterocycles. The first-order valence-electron chi connectivity index (χ1n) is 10.2. The van der Waals surface area contributed by atoms with Crippen LogP contribution in [0.15, 0.2) is 36.4 Å². The highest BCUT2D eigenvalue weighted by Crippen LogP contribution is 2.12. The highest BCUT2D eigenvalue weighted by Gasteiger charge is 2.07. The Morgan fingerprint density at radius 3 is 1.85 bits per heavy atom. The number of hydrogen-bond donors (Lipinski definition) is 1. The van der Waals surface area contributed by atoms with Gasteiger partial charge in [0.1, 0.15) is 0 Å². The van der Waals surface area contributed by atoms with Gasteiger partial charge in [-0.05, 0) is 44.2 Å². The van der Waals surface area contributed by atoms with Crippen LogP contribution in [0.4, 0.5) is 0 Å². The predicted octanol–water partition coefficient (Wildman–Crippen LogP) is 6.82. The van der Waals surface area contributed by atoms with Crippen LogP contribution in [0.1, 0.15) is 105 Å². The van der Waals surface area contributed by atoms with Crippen molar-refractivity contribution in [2.45, 2.75) is 84.0 Å². The third-order valence-electron chi connectivity index (χ3n) is 4.62. The summed E-state index contributed by atoms with van der Waals surface area (Å²) in [5.74, 6) is -0.858. The maximum atomic E-state index is 12.1. The van der Waals surface area contributed by atoms with Gasteiger partial charge in [-0.3, -0.25) is 4.79 Å². The zero-order valence-corrected chi connectivity index (χ0v) is 16.2. The van der Waals surface area contributed by atoms with E-state index in [0.29, 0.717) is 12.0 Å². The smallest absolute Gasteiger partial charge is 0.335 e. The maximum absolute atomic E-state index is 12.1. The molecular formula is C23H34O3. The molecule has 26 heavy (non-hydrogen) atoms. The molecule has 0 aliphatic heterocycles. The Bertz CT molecular complexity index is 543. The molecule has 1 rings (SSSR count). The van der Waals surface area contributed by atoms with Crippen LogP contribution in [-0.2, 0) is 0 Å². The molecule has 3 heteroatoms. The number of carbonyl (C=O) groups excluding carboxylic acids is 1. The van der Waals surface area contributed by atoms with Crippen molar-refractivity contribution in [2.24, 2.45) is 0 Å². The van der Waals surface area contributed by atoms with Crippen LogP contribution in [0.5, 0.6) is 0 Å². The van der Waals surface area contributed by atoms with E-state index in [2.05, 4.69) is 19.1 Å². The van der Waals surface area contributed by atoms with Crippen molar-refractivity contribution >= 4 is 11.8 Å². The zero-order valence-electron chi connectivity index (χ0n) is 16.2. The Balaban J connectivity index is 2.00. The third kappa shape index (κ3) is 10.2. The third-order valence-corrected chi connectivity index (χ3v) is 4.62. The minimum Gasteiger partial charge on any atom is -0.478 e. The first kappa shape index (κ1) is 22.1. The summed E-state index contributed by atoms with van der Waals surface area (Å²) in [4.78, 5) is 22.9. The van der Waals surface area contributed by atoms with E-state index in [1.54, 1.807) is 12.1 Å². The highest BCUT2D eigenvalue weighted by atomic mass is 16.4. The van der Waals surface area contributed by atoms with Gasteiger partial charge in [-0.15, -0.1) is 0 Å². The Morgan fingerprint density at radius 2 is 1.27 bits per heavy atom. The number of carboxylic acid groups (broad SMARTS) is 1. The van der Waals surface area contributed by atoms with E-state index in [9.17, 15) is 9.59 Å². The molecule has 144 valence electrons. The average molecular weight is 359 g/mol. The van der Waals surface area contributed by atoms with Crippen molar-refractivity contribution < 1.29 is 14.7 Å². The van der Waals surface area contributed by atoms with Crippen LogP contribution >= 0.6 is 0 Å². The number of hydrogen-bond acceptors (Lipinski definition) is 2. The quantitative estimate of drug-likeness (QED) is 0.212. The minimum absolute atomic E-state index is 0.105. The summed E-state index contributed by atoms with van der Waals surface area (Å²) in [7, 11) is 0. The summed E-state index contributed by atoms with van der Waals surface area (Å²) in [6.45, 7) is 2.24. The van der Waals surface area contributed by atoms with Crippen molar-refractivity contribution in [1.82, 2.24) is 0 Å². The van der Waals surface area contributed by atoms with E-state index in [1.807, 2.05) is 0 Å². The molecule has 0 fully saturated rings. The summed E-state index contributed by atoms with van der Waals surface area (Å²) >= 11 is 0. The molecule has 0 aliphatic rings. The fourth-order valence-electron chi connectivity index (χ4n) is 2.95. The second kappa shape index (κ2) is 14.3. The van der Waals surface area contributed by atoms with Gasteiger partial charge in [0.2, 0.25) is 0 Å². The summed E-state index contributed by atoms with van der Waals surface area (Å²) < 4.78 is 0. The lowest BCUT2D eigenvalue weighted by atomic mass is 10.0. The maximum Gasteiger partial charge on any atom is 0.335 e. The molecule has 3 nitrogen and oxygen atoms in total. The van der Waals surface area contributed by atoms with Gasteiger partial charge < -0.3 is 5.11 Å². The molecule has 0 aromatic heterocycles. The Hall–Kier alpha value is -1.90. The van der Waals surface area contributed by atoms with Crippen LogP contribution in [0, 0.1) is 0 Å². The Labute approximate surface area is 158 Å². The van der Waals surface area contributed by atoms with Crippen molar-refractivity contribution in [3.63, 3.8) is 0 Å². The van der Waals surface area contributed by atoms with E-state index in [1.165, 1.54) is 69.9 Å². The summed E-state index contributed by atoms with van der Waals surface area (Å²) in [6, 6.07) is 6.21. The molecule has 0 bridgehead atoms. The minimum atomic E-state index is -0.963.